The molecule has 3 rings (SSSR count). The number of aromatic nitrogens is 2. The topological polar surface area (TPSA) is 58.4 Å². The Morgan fingerprint density at radius 3 is 2.45 bits per heavy atom. The van der Waals surface area contributed by atoms with E-state index in [2.05, 4.69) is 30.7 Å². The highest BCUT2D eigenvalue weighted by molar-refractivity contribution is 6.31. The minimum Gasteiger partial charge on any atom is -0.330 e. The van der Waals surface area contributed by atoms with Crippen molar-refractivity contribution in [2.75, 3.05) is 26.2 Å². The molecule has 31 heavy (non-hydrogen) atoms. The van der Waals surface area contributed by atoms with Crippen molar-refractivity contribution >= 4 is 23.3 Å². The lowest BCUT2D eigenvalue weighted by molar-refractivity contribution is -0.127. The van der Waals surface area contributed by atoms with Crippen molar-refractivity contribution in [3.05, 3.63) is 64.7 Å². The van der Waals surface area contributed by atoms with Crippen molar-refractivity contribution in [2.24, 2.45) is 0 Å². The van der Waals surface area contributed by atoms with Crippen molar-refractivity contribution < 1.29 is 9.59 Å². The molecule has 168 valence electrons. The second kappa shape index (κ2) is 12.4. The van der Waals surface area contributed by atoms with Gasteiger partial charge in [-0.25, -0.2) is 4.98 Å². The summed E-state index contributed by atoms with van der Waals surface area (Å²) in [4.78, 5) is 32.0. The fraction of sp³-hybridized carbons (Fsp3) is 0.458. The first-order valence-corrected chi connectivity index (χ1v) is 11.2. The van der Waals surface area contributed by atoms with E-state index in [1.54, 1.807) is 17.2 Å². The Kier molecular flexibility index (Phi) is 9.95. The van der Waals surface area contributed by atoms with Crippen molar-refractivity contribution in [1.82, 2.24) is 19.4 Å². The van der Waals surface area contributed by atoms with Gasteiger partial charge in [0.2, 0.25) is 5.91 Å². The molecule has 1 aliphatic rings. The van der Waals surface area contributed by atoms with Crippen LogP contribution in [0.4, 0.5) is 0 Å². The zero-order valence-electron chi connectivity index (χ0n) is 19.0. The number of halogens is 1. The molecular weight excluding hydrogens is 412 g/mol. The number of nitrogens with zero attached hydrogens (tertiary/aromatic N) is 4. The summed E-state index contributed by atoms with van der Waals surface area (Å²) in [6, 6.07) is 7.91. The Bertz CT molecular complexity index is 903. The van der Waals surface area contributed by atoms with E-state index in [0.717, 1.165) is 36.9 Å². The normalized spacial score (nSPS) is 13.2. The molecule has 2 aromatic rings. The first-order valence-electron chi connectivity index (χ1n) is 10.9. The lowest BCUT2D eigenvalue weighted by Gasteiger charge is -2.27. The van der Waals surface area contributed by atoms with Gasteiger partial charge in [0.1, 0.15) is 11.5 Å². The second-order valence-electron chi connectivity index (χ2n) is 7.36. The zero-order chi connectivity index (χ0) is 22.8. The van der Waals surface area contributed by atoms with E-state index in [0.29, 0.717) is 25.3 Å². The molecule has 0 radical (unpaired) electrons. The minimum absolute atomic E-state index is 0.00535. The van der Waals surface area contributed by atoms with Gasteiger partial charge in [-0.1, -0.05) is 56.6 Å². The van der Waals surface area contributed by atoms with Gasteiger partial charge in [0.25, 0.3) is 0 Å². The number of hydrogen-bond donors (Lipinski definition) is 0. The van der Waals surface area contributed by atoms with Gasteiger partial charge >= 0.3 is 0 Å². The fourth-order valence-electron chi connectivity index (χ4n) is 3.40. The van der Waals surface area contributed by atoms with Gasteiger partial charge in [-0.15, -0.1) is 0 Å². The van der Waals surface area contributed by atoms with Gasteiger partial charge in [-0.3, -0.25) is 9.59 Å². The van der Waals surface area contributed by atoms with Crippen LogP contribution in [-0.4, -0.2) is 57.2 Å². The van der Waals surface area contributed by atoms with Crippen LogP contribution in [-0.2, 0) is 24.3 Å². The van der Waals surface area contributed by atoms with Crippen LogP contribution in [0.3, 0.4) is 0 Å². The van der Waals surface area contributed by atoms with Crippen LogP contribution >= 0.6 is 11.6 Å². The molecule has 1 aromatic heterocycles. The number of amides is 1. The monoisotopic (exact) mass is 444 g/mol. The predicted molar refractivity (Wildman–Crippen MR) is 125 cm³/mol. The van der Waals surface area contributed by atoms with Crippen LogP contribution in [0.25, 0.3) is 0 Å². The summed E-state index contributed by atoms with van der Waals surface area (Å²) in [5.41, 5.74) is 1.85. The van der Waals surface area contributed by atoms with Gasteiger partial charge < -0.3 is 14.4 Å². The Hall–Kier alpha value is -2.44. The maximum absolute atomic E-state index is 12.2. The van der Waals surface area contributed by atoms with Crippen molar-refractivity contribution in [2.45, 2.75) is 47.2 Å². The van der Waals surface area contributed by atoms with Gasteiger partial charge in [0.15, 0.2) is 5.78 Å². The molecule has 1 aliphatic heterocycles. The predicted octanol–water partition coefficient (Wildman–Crippen LogP) is 4.23. The first kappa shape index (κ1) is 24.8. The molecule has 1 aromatic carbocycles. The summed E-state index contributed by atoms with van der Waals surface area (Å²) in [7, 11) is 0. The molecule has 0 fully saturated rings. The van der Waals surface area contributed by atoms with Crippen LogP contribution in [0.1, 0.15) is 49.6 Å². The molecular formula is C24H33ClN4O2. The molecule has 0 saturated carbocycles. The van der Waals surface area contributed by atoms with Crippen LogP contribution in [0, 0.1) is 0 Å². The standard InChI is InChI=1S/C16H24N4O2.C8H9Cl/c1-4-18(5-2)8-6-7-16(22)19-9-10-20-14(13(3)21)11-17-15(20)12-19;1-2-7-5-3-4-6-8(7)9/h6-7,11H,4-5,8-10,12H2,1-3H3;3-6H,2H2,1H3/b7-6+;. The summed E-state index contributed by atoms with van der Waals surface area (Å²) in [6.45, 7) is 12.3. The number of carbonyl (C=O) groups excluding carboxylic acids is 2. The Morgan fingerprint density at radius 1 is 1.16 bits per heavy atom. The molecule has 0 aliphatic carbocycles. The number of rotatable bonds is 7. The van der Waals surface area contributed by atoms with E-state index in [1.165, 1.54) is 12.5 Å². The average Bonchev–Trinajstić information content (AvgIpc) is 3.21. The third-order valence-electron chi connectivity index (χ3n) is 5.39. The Morgan fingerprint density at radius 2 is 1.87 bits per heavy atom. The summed E-state index contributed by atoms with van der Waals surface area (Å²) in [6.07, 6.45) is 6.17. The highest BCUT2D eigenvalue weighted by Crippen LogP contribution is 2.15. The third-order valence-corrected chi connectivity index (χ3v) is 5.76. The summed E-state index contributed by atoms with van der Waals surface area (Å²) in [5.74, 6) is 0.797. The Balaban J connectivity index is 0.000000316. The minimum atomic E-state index is 0.00535. The average molecular weight is 445 g/mol. The number of benzene rings is 1. The van der Waals surface area contributed by atoms with Crippen LogP contribution in [0.2, 0.25) is 5.02 Å². The number of Topliss-reactive ketones (excluding diaryl/α,β-unsaturated/α-hetero) is 1. The summed E-state index contributed by atoms with van der Waals surface area (Å²) in [5, 5.41) is 0.875. The highest BCUT2D eigenvalue weighted by atomic mass is 35.5. The first-order chi connectivity index (χ1) is 14.9. The zero-order valence-corrected chi connectivity index (χ0v) is 19.7. The number of likely N-dealkylation sites (N-methyl/N-ethyl adjacent to an activating group) is 1. The maximum atomic E-state index is 12.2. The Labute approximate surface area is 190 Å². The van der Waals surface area contributed by atoms with E-state index in [1.807, 2.05) is 34.9 Å². The van der Waals surface area contributed by atoms with Gasteiger partial charge in [0.05, 0.1) is 12.7 Å². The lowest BCUT2D eigenvalue weighted by atomic mass is 10.2. The number of fused-ring (bicyclic) bond motifs is 1. The molecule has 2 heterocycles. The number of aryl methyl sites for hydroxylation is 1. The van der Waals surface area contributed by atoms with E-state index < -0.39 is 0 Å². The SMILES string of the molecule is CCN(CC)C/C=C/C(=O)N1CCn2c(C(C)=O)cnc2C1.CCc1ccccc1Cl. The highest BCUT2D eigenvalue weighted by Gasteiger charge is 2.23. The molecule has 1 amide bonds. The van der Waals surface area contributed by atoms with Crippen molar-refractivity contribution in [1.29, 1.82) is 0 Å². The van der Waals surface area contributed by atoms with E-state index in [4.69, 9.17) is 11.6 Å². The smallest absolute Gasteiger partial charge is 0.246 e. The molecule has 0 saturated heterocycles. The molecule has 6 nitrogen and oxygen atoms in total. The third kappa shape index (κ3) is 7.04. The van der Waals surface area contributed by atoms with Crippen LogP contribution < -0.4 is 0 Å². The maximum Gasteiger partial charge on any atom is 0.246 e. The van der Waals surface area contributed by atoms with Crippen molar-refractivity contribution in [3.8, 4) is 0 Å². The van der Waals surface area contributed by atoms with Crippen LogP contribution in [0.5, 0.6) is 0 Å². The number of ketones is 1. The summed E-state index contributed by atoms with van der Waals surface area (Å²) >= 11 is 5.82. The number of imidazole rings is 1. The lowest BCUT2D eigenvalue weighted by Crippen LogP contribution is -2.38. The number of carbonyl (C=O) groups is 2. The second-order valence-corrected chi connectivity index (χ2v) is 7.77. The molecule has 7 heteroatoms. The molecule has 0 bridgehead atoms. The van der Waals surface area contributed by atoms with E-state index in [-0.39, 0.29) is 11.7 Å². The van der Waals surface area contributed by atoms with E-state index in [9.17, 15) is 9.59 Å². The molecule has 0 atom stereocenters. The van der Waals surface area contributed by atoms with Crippen LogP contribution in [0.15, 0.2) is 42.6 Å². The quantitative estimate of drug-likeness (QED) is 0.473. The van der Waals surface area contributed by atoms with Crippen molar-refractivity contribution in [3.63, 3.8) is 0 Å². The molecule has 0 spiro atoms. The van der Waals surface area contributed by atoms with Gasteiger partial charge in [-0.05, 0) is 31.1 Å². The number of hydrogen-bond acceptors (Lipinski definition) is 4. The summed E-state index contributed by atoms with van der Waals surface area (Å²) < 4.78 is 1.91. The molecule has 0 N–H and O–H groups in total. The van der Waals surface area contributed by atoms with Gasteiger partial charge in [0, 0.05) is 37.7 Å². The fourth-order valence-corrected chi connectivity index (χ4v) is 3.67. The van der Waals surface area contributed by atoms with Gasteiger partial charge in [-0.2, -0.15) is 0 Å². The van der Waals surface area contributed by atoms with E-state index >= 15 is 0 Å². The molecule has 0 unspecified atom stereocenters. The largest absolute Gasteiger partial charge is 0.330 e.